The lowest BCUT2D eigenvalue weighted by molar-refractivity contribution is -0.134. The average molecular weight is 513 g/mol. The first kappa shape index (κ1) is 26.8. The predicted molar refractivity (Wildman–Crippen MR) is 129 cm³/mol. The van der Waals surface area contributed by atoms with Crippen LogP contribution in [0.2, 0.25) is 0 Å². The molecular weight excluding hydrogens is 476 g/mol. The molecule has 0 unspecified atom stereocenters. The summed E-state index contributed by atoms with van der Waals surface area (Å²) in [6.45, 7) is 2.73. The fourth-order valence-corrected chi connectivity index (χ4v) is 5.24. The fraction of sp³-hybridized carbons (Fsp3) is 0.720. The van der Waals surface area contributed by atoms with Crippen molar-refractivity contribution < 1.29 is 22.4 Å². The first-order chi connectivity index (χ1) is 17.1. The Labute approximate surface area is 209 Å². The summed E-state index contributed by atoms with van der Waals surface area (Å²) in [5.41, 5.74) is 4.99. The van der Waals surface area contributed by atoms with E-state index < -0.39 is 18.3 Å². The molecule has 1 saturated carbocycles. The van der Waals surface area contributed by atoms with Gasteiger partial charge in [-0.05, 0) is 56.6 Å². The molecule has 1 aliphatic carbocycles. The number of carbonyl (C=O) groups is 1. The predicted octanol–water partition coefficient (Wildman–Crippen LogP) is 3.33. The van der Waals surface area contributed by atoms with Gasteiger partial charge in [0.05, 0.1) is 18.7 Å². The zero-order valence-electron chi connectivity index (χ0n) is 20.8. The van der Waals surface area contributed by atoms with Gasteiger partial charge in [-0.25, -0.2) is 14.9 Å². The molecule has 36 heavy (non-hydrogen) atoms. The zero-order valence-corrected chi connectivity index (χ0v) is 20.8. The quantitative estimate of drug-likeness (QED) is 0.523. The van der Waals surface area contributed by atoms with Gasteiger partial charge in [-0.1, -0.05) is 6.07 Å². The van der Waals surface area contributed by atoms with Crippen LogP contribution < -0.4 is 10.7 Å². The number of hydrogen-bond donors (Lipinski definition) is 2. The second-order valence-electron chi connectivity index (χ2n) is 10.3. The summed E-state index contributed by atoms with van der Waals surface area (Å²) in [5.74, 6) is -0.0680. The van der Waals surface area contributed by atoms with Crippen LogP contribution in [0.3, 0.4) is 0 Å². The van der Waals surface area contributed by atoms with Crippen LogP contribution in [-0.4, -0.2) is 77.7 Å². The van der Waals surface area contributed by atoms with Crippen molar-refractivity contribution >= 4 is 11.6 Å². The molecule has 2 N–H and O–H groups in total. The van der Waals surface area contributed by atoms with Gasteiger partial charge in [0, 0.05) is 57.0 Å². The highest BCUT2D eigenvalue weighted by Gasteiger charge is 2.36. The largest absolute Gasteiger partial charge is 0.389 e. The van der Waals surface area contributed by atoms with Crippen molar-refractivity contribution in [3.63, 3.8) is 0 Å². The molecule has 7 nitrogen and oxygen atoms in total. The summed E-state index contributed by atoms with van der Waals surface area (Å²) in [6, 6.07) is 3.60. The molecule has 0 spiro atoms. The number of pyridine rings is 1. The Morgan fingerprint density at radius 2 is 1.97 bits per heavy atom. The summed E-state index contributed by atoms with van der Waals surface area (Å²) in [5, 5.41) is 8.85. The third-order valence-electron chi connectivity index (χ3n) is 7.44. The summed E-state index contributed by atoms with van der Waals surface area (Å²) < 4.78 is 53.1. The number of nitrogens with zero attached hydrogens (tertiary/aromatic N) is 4. The number of rotatable bonds is 8. The molecule has 11 heteroatoms. The molecule has 0 saturated heterocycles. The van der Waals surface area contributed by atoms with Crippen molar-refractivity contribution in [2.75, 3.05) is 33.2 Å². The van der Waals surface area contributed by atoms with Crippen molar-refractivity contribution in [3.05, 3.63) is 29.1 Å². The first-order valence-corrected chi connectivity index (χ1v) is 12.9. The summed E-state index contributed by atoms with van der Waals surface area (Å²) >= 11 is 0. The molecule has 200 valence electrons. The Hall–Kier alpha value is -2.27. The van der Waals surface area contributed by atoms with Gasteiger partial charge in [-0.3, -0.25) is 9.78 Å². The number of hydrazine groups is 1. The van der Waals surface area contributed by atoms with Crippen LogP contribution in [0.1, 0.15) is 61.9 Å². The second-order valence-corrected chi connectivity index (χ2v) is 10.3. The molecule has 4 rings (SSSR count). The van der Waals surface area contributed by atoms with Gasteiger partial charge in [0.2, 0.25) is 5.91 Å². The molecule has 1 aromatic heterocycles. The van der Waals surface area contributed by atoms with E-state index in [0.29, 0.717) is 57.3 Å². The number of carbonyl (C=O) groups excluding carboxylic acids is 1. The van der Waals surface area contributed by atoms with Crippen LogP contribution in [-0.2, 0) is 24.1 Å². The van der Waals surface area contributed by atoms with E-state index in [4.69, 9.17) is 0 Å². The van der Waals surface area contributed by atoms with Crippen LogP contribution in [0.15, 0.2) is 17.2 Å². The minimum Gasteiger partial charge on any atom is -0.353 e. The molecule has 0 atom stereocenters. The van der Waals surface area contributed by atoms with Crippen LogP contribution in [0.4, 0.5) is 17.6 Å². The monoisotopic (exact) mass is 512 g/mol. The van der Waals surface area contributed by atoms with Crippen LogP contribution in [0.5, 0.6) is 0 Å². The van der Waals surface area contributed by atoms with E-state index >= 15 is 4.39 Å². The Morgan fingerprint density at radius 1 is 1.22 bits per heavy atom. The number of halogens is 4. The fourth-order valence-electron chi connectivity index (χ4n) is 5.24. The van der Waals surface area contributed by atoms with Gasteiger partial charge in [0.15, 0.2) is 0 Å². The van der Waals surface area contributed by atoms with Crippen LogP contribution >= 0.6 is 0 Å². The van der Waals surface area contributed by atoms with Gasteiger partial charge in [0.1, 0.15) is 5.67 Å². The minimum atomic E-state index is -4.18. The Balaban J connectivity index is 1.19. The molecular formula is C25H36F4N6O. The number of aromatic nitrogens is 1. The van der Waals surface area contributed by atoms with Crippen molar-refractivity contribution in [1.29, 1.82) is 0 Å². The van der Waals surface area contributed by atoms with E-state index in [1.54, 1.807) is 18.2 Å². The molecule has 3 aliphatic rings. The Morgan fingerprint density at radius 3 is 2.67 bits per heavy atom. The molecule has 0 bridgehead atoms. The lowest BCUT2D eigenvalue weighted by Gasteiger charge is -2.35. The summed E-state index contributed by atoms with van der Waals surface area (Å²) in [6.07, 6.45) is -0.889. The van der Waals surface area contributed by atoms with E-state index in [1.165, 1.54) is 0 Å². The SMILES string of the molecule is CN1N=C(CC(=O)NC2CCC(F)(CCN3CCc4ccc(CCC(F)(F)F)nc4CC3)CC2)CN1. The Kier molecular flexibility index (Phi) is 8.49. The van der Waals surface area contributed by atoms with Crippen molar-refractivity contribution in [1.82, 2.24) is 25.7 Å². The highest BCUT2D eigenvalue weighted by molar-refractivity contribution is 6.02. The van der Waals surface area contributed by atoms with Gasteiger partial charge in [-0.15, -0.1) is 0 Å². The first-order valence-electron chi connectivity index (χ1n) is 12.9. The van der Waals surface area contributed by atoms with Gasteiger partial charge >= 0.3 is 6.18 Å². The smallest absolute Gasteiger partial charge is 0.353 e. The van der Waals surface area contributed by atoms with Gasteiger partial charge in [-0.2, -0.15) is 18.3 Å². The molecule has 1 fully saturated rings. The molecule has 1 amide bonds. The second kappa shape index (κ2) is 11.4. The van der Waals surface area contributed by atoms with E-state index in [-0.39, 0.29) is 24.8 Å². The topological polar surface area (TPSA) is 72.9 Å². The molecule has 0 radical (unpaired) electrons. The zero-order chi connectivity index (χ0) is 25.8. The number of alkyl halides is 4. The van der Waals surface area contributed by atoms with Gasteiger partial charge < -0.3 is 10.2 Å². The number of hydrogen-bond acceptors (Lipinski definition) is 6. The van der Waals surface area contributed by atoms with Crippen LogP contribution in [0.25, 0.3) is 0 Å². The molecule has 0 aromatic carbocycles. The number of nitrogens with one attached hydrogen (secondary N) is 2. The van der Waals surface area contributed by atoms with E-state index in [9.17, 15) is 18.0 Å². The molecule has 2 aliphatic heterocycles. The van der Waals surface area contributed by atoms with E-state index in [0.717, 1.165) is 36.5 Å². The third kappa shape index (κ3) is 7.86. The standard InChI is InChI=1S/C25H36F4N6O/c1-34-30-17-21(33-34)16-23(36)32-20-4-9-24(26,10-5-20)12-15-35-13-7-18-2-3-19(6-11-25(27,28)29)31-22(18)8-14-35/h2-3,20,30H,4-17H2,1H3,(H,32,36). The van der Waals surface area contributed by atoms with Crippen molar-refractivity contribution in [2.24, 2.45) is 5.10 Å². The lowest BCUT2D eigenvalue weighted by atomic mass is 9.81. The number of amides is 1. The van der Waals surface area contributed by atoms with E-state index in [1.807, 2.05) is 6.07 Å². The highest BCUT2D eigenvalue weighted by atomic mass is 19.4. The van der Waals surface area contributed by atoms with E-state index in [2.05, 4.69) is 25.7 Å². The normalized spacial score (nSPS) is 25.3. The minimum absolute atomic E-state index is 0.000585. The third-order valence-corrected chi connectivity index (χ3v) is 7.44. The molecule has 1 aromatic rings. The maximum absolute atomic E-state index is 15.5. The summed E-state index contributed by atoms with van der Waals surface area (Å²) in [4.78, 5) is 19.0. The average Bonchev–Trinajstić information content (AvgIpc) is 3.11. The highest BCUT2D eigenvalue weighted by Crippen LogP contribution is 2.35. The maximum Gasteiger partial charge on any atom is 0.389 e. The van der Waals surface area contributed by atoms with Crippen molar-refractivity contribution in [3.8, 4) is 0 Å². The van der Waals surface area contributed by atoms with Crippen LogP contribution in [0, 0.1) is 0 Å². The summed E-state index contributed by atoms with van der Waals surface area (Å²) in [7, 11) is 1.78. The molecule has 3 heterocycles. The Bertz CT molecular complexity index is 945. The number of aryl methyl sites for hydroxylation is 1. The maximum atomic E-state index is 15.5. The van der Waals surface area contributed by atoms with Gasteiger partial charge in [0.25, 0.3) is 0 Å². The number of hydrazone groups is 1. The number of fused-ring (bicyclic) bond motifs is 1. The lowest BCUT2D eigenvalue weighted by Crippen LogP contribution is -2.43. The van der Waals surface area contributed by atoms with Crippen molar-refractivity contribution in [2.45, 2.75) is 82.1 Å².